The first kappa shape index (κ1) is 27.1. The van der Waals surface area contributed by atoms with Gasteiger partial charge in [-0.3, -0.25) is 0 Å². The van der Waals surface area contributed by atoms with Gasteiger partial charge in [-0.25, -0.2) is 4.57 Å². The molecule has 0 unspecified atom stereocenters. The van der Waals surface area contributed by atoms with Crippen molar-refractivity contribution in [3.05, 3.63) is 102 Å². The maximum atomic E-state index is 2.56. The second kappa shape index (κ2) is 10.3. The van der Waals surface area contributed by atoms with Crippen molar-refractivity contribution < 1.29 is 4.57 Å². The molecule has 0 bridgehead atoms. The van der Waals surface area contributed by atoms with Gasteiger partial charge in [-0.2, -0.15) is 4.57 Å². The molecule has 3 heteroatoms. The zero-order valence-corrected chi connectivity index (χ0v) is 26.1. The molecular formula is C36H43N2Si+. The predicted octanol–water partition coefficient (Wildman–Crippen LogP) is 8.89. The van der Waals surface area contributed by atoms with Crippen LogP contribution in [-0.4, -0.2) is 12.6 Å². The molecule has 0 saturated heterocycles. The minimum absolute atomic E-state index is 0.371. The third kappa shape index (κ3) is 4.89. The Kier molecular flexibility index (Phi) is 7.15. The van der Waals surface area contributed by atoms with Gasteiger partial charge in [0.1, 0.15) is 5.69 Å². The summed E-state index contributed by atoms with van der Waals surface area (Å²) in [5.41, 5.74) is 11.8. The number of hydrogen-bond acceptors (Lipinski definition) is 0. The standard InChI is InChI=1S/C36H43N2Si/c1-24(2)31-22-28(27-15-11-10-12-16-27)23-32(25(3)4)35(31)38-34-18-14-13-17-33(34)37(6)36(38)30-20-19-29(21-26(30)5)39(7,8)9/h10-25H,1-9H3/q+1. The van der Waals surface area contributed by atoms with Crippen molar-refractivity contribution in [1.82, 2.24) is 4.57 Å². The van der Waals surface area contributed by atoms with Gasteiger partial charge in [-0.05, 0) is 65.8 Å². The van der Waals surface area contributed by atoms with E-state index in [1.165, 1.54) is 61.1 Å². The molecule has 0 amide bonds. The molecule has 0 aliphatic carbocycles. The zero-order chi connectivity index (χ0) is 28.1. The van der Waals surface area contributed by atoms with Gasteiger partial charge in [0.15, 0.2) is 11.0 Å². The highest BCUT2D eigenvalue weighted by molar-refractivity contribution is 6.88. The highest BCUT2D eigenvalue weighted by Crippen LogP contribution is 2.39. The van der Waals surface area contributed by atoms with E-state index in [0.29, 0.717) is 11.8 Å². The number of fused-ring (bicyclic) bond motifs is 1. The molecule has 0 spiro atoms. The van der Waals surface area contributed by atoms with Crippen molar-refractivity contribution >= 4 is 24.3 Å². The van der Waals surface area contributed by atoms with Crippen LogP contribution in [0.3, 0.4) is 0 Å². The molecule has 5 rings (SSSR count). The number of hydrogen-bond donors (Lipinski definition) is 0. The predicted molar refractivity (Wildman–Crippen MR) is 171 cm³/mol. The molecule has 5 aromatic rings. The van der Waals surface area contributed by atoms with Crippen LogP contribution in [0.25, 0.3) is 39.2 Å². The SMILES string of the molecule is Cc1cc([Si](C)(C)C)ccc1-c1n(-c2c(C(C)C)cc(-c3ccccc3)cc2C(C)C)c2ccccc2[n+]1C. The Morgan fingerprint density at radius 2 is 1.28 bits per heavy atom. The molecule has 200 valence electrons. The van der Waals surface area contributed by atoms with Crippen LogP contribution < -0.4 is 9.75 Å². The topological polar surface area (TPSA) is 8.81 Å². The molecule has 0 aliphatic heterocycles. The molecule has 0 atom stereocenters. The average molecular weight is 532 g/mol. The number of benzene rings is 4. The summed E-state index contributed by atoms with van der Waals surface area (Å²) >= 11 is 0. The molecule has 0 radical (unpaired) electrons. The Hall–Kier alpha value is -3.43. The van der Waals surface area contributed by atoms with Crippen molar-refractivity contribution in [3.63, 3.8) is 0 Å². The lowest BCUT2D eigenvalue weighted by atomic mass is 9.88. The van der Waals surface area contributed by atoms with Crippen LogP contribution in [0, 0.1) is 6.92 Å². The van der Waals surface area contributed by atoms with E-state index in [4.69, 9.17) is 0 Å². The van der Waals surface area contributed by atoms with Crippen LogP contribution >= 0.6 is 0 Å². The van der Waals surface area contributed by atoms with Gasteiger partial charge in [-0.15, -0.1) is 0 Å². The lowest BCUT2D eigenvalue weighted by Gasteiger charge is -2.21. The summed E-state index contributed by atoms with van der Waals surface area (Å²) in [6, 6.07) is 31.7. The van der Waals surface area contributed by atoms with Crippen molar-refractivity contribution in [1.29, 1.82) is 0 Å². The summed E-state index contributed by atoms with van der Waals surface area (Å²) in [5, 5.41) is 1.51. The first-order valence-corrected chi connectivity index (χ1v) is 17.8. The van der Waals surface area contributed by atoms with Crippen molar-refractivity contribution in [2.24, 2.45) is 7.05 Å². The van der Waals surface area contributed by atoms with Gasteiger partial charge in [0, 0.05) is 11.1 Å². The van der Waals surface area contributed by atoms with E-state index < -0.39 is 8.07 Å². The monoisotopic (exact) mass is 531 g/mol. The van der Waals surface area contributed by atoms with Crippen LogP contribution in [0.5, 0.6) is 0 Å². The smallest absolute Gasteiger partial charge is 0.225 e. The van der Waals surface area contributed by atoms with E-state index in [-0.39, 0.29) is 0 Å². The summed E-state index contributed by atoms with van der Waals surface area (Å²) in [6.07, 6.45) is 0. The molecule has 0 N–H and O–H groups in total. The Bertz CT molecular complexity index is 1620. The summed E-state index contributed by atoms with van der Waals surface area (Å²) in [4.78, 5) is 0. The van der Waals surface area contributed by atoms with Crippen LogP contribution in [0.15, 0.2) is 84.9 Å². The summed E-state index contributed by atoms with van der Waals surface area (Å²) in [7, 11) is 0.813. The number of rotatable bonds is 6. The van der Waals surface area contributed by atoms with Crippen LogP contribution in [0.2, 0.25) is 19.6 Å². The fraction of sp³-hybridized carbons (Fsp3) is 0.306. The summed E-state index contributed by atoms with van der Waals surface area (Å²) < 4.78 is 4.95. The van der Waals surface area contributed by atoms with E-state index in [1.807, 2.05) is 0 Å². The maximum absolute atomic E-state index is 2.56. The van der Waals surface area contributed by atoms with Gasteiger partial charge in [0.2, 0.25) is 0 Å². The molecule has 2 nitrogen and oxygen atoms in total. The van der Waals surface area contributed by atoms with Crippen LogP contribution in [-0.2, 0) is 7.05 Å². The second-order valence-electron chi connectivity index (χ2n) is 12.7. The maximum Gasteiger partial charge on any atom is 0.295 e. The van der Waals surface area contributed by atoms with Gasteiger partial charge >= 0.3 is 0 Å². The van der Waals surface area contributed by atoms with Crippen molar-refractivity contribution in [2.45, 2.75) is 66.1 Å². The molecule has 0 fully saturated rings. The molecule has 1 heterocycles. The van der Waals surface area contributed by atoms with Crippen LogP contribution in [0.1, 0.15) is 56.2 Å². The number of aromatic nitrogens is 2. The molecule has 4 aromatic carbocycles. The largest absolute Gasteiger partial charge is 0.295 e. The normalized spacial score (nSPS) is 12.2. The minimum Gasteiger partial charge on any atom is -0.225 e. The van der Waals surface area contributed by atoms with Gasteiger partial charge in [0.25, 0.3) is 5.82 Å². The van der Waals surface area contributed by atoms with E-state index >= 15 is 0 Å². The molecule has 0 aliphatic rings. The van der Waals surface area contributed by atoms with E-state index in [9.17, 15) is 0 Å². The van der Waals surface area contributed by atoms with E-state index in [2.05, 4.69) is 155 Å². The number of aryl methyl sites for hydroxylation is 2. The Morgan fingerprint density at radius 3 is 1.85 bits per heavy atom. The van der Waals surface area contributed by atoms with Crippen molar-refractivity contribution in [3.8, 4) is 28.2 Å². The van der Waals surface area contributed by atoms with Gasteiger partial charge in [-0.1, -0.05) is 107 Å². The number of nitrogens with zero attached hydrogens (tertiary/aromatic N) is 2. The Labute approximate surface area is 236 Å². The zero-order valence-electron chi connectivity index (χ0n) is 25.1. The summed E-state index contributed by atoms with van der Waals surface area (Å²) in [6.45, 7) is 18.9. The lowest BCUT2D eigenvalue weighted by molar-refractivity contribution is -0.633. The van der Waals surface area contributed by atoms with E-state index in [1.54, 1.807) is 0 Å². The molecular weight excluding hydrogens is 488 g/mol. The fourth-order valence-electron chi connectivity index (χ4n) is 5.84. The van der Waals surface area contributed by atoms with E-state index in [0.717, 1.165) is 0 Å². The lowest BCUT2D eigenvalue weighted by Crippen LogP contribution is -2.38. The first-order valence-electron chi connectivity index (χ1n) is 14.3. The Morgan fingerprint density at radius 1 is 0.692 bits per heavy atom. The van der Waals surface area contributed by atoms with Gasteiger partial charge in [0.05, 0.1) is 20.7 Å². The van der Waals surface area contributed by atoms with Crippen LogP contribution in [0.4, 0.5) is 0 Å². The quantitative estimate of drug-likeness (QED) is 0.153. The fourth-order valence-corrected chi connectivity index (χ4v) is 7.07. The Balaban J connectivity index is 1.90. The highest BCUT2D eigenvalue weighted by atomic mass is 28.3. The average Bonchev–Trinajstić information content (AvgIpc) is 3.19. The minimum atomic E-state index is -1.41. The summed E-state index contributed by atoms with van der Waals surface area (Å²) in [5.74, 6) is 1.98. The highest BCUT2D eigenvalue weighted by Gasteiger charge is 2.32. The molecule has 0 saturated carbocycles. The first-order chi connectivity index (χ1) is 18.5. The van der Waals surface area contributed by atoms with Crippen molar-refractivity contribution in [2.75, 3.05) is 0 Å². The van der Waals surface area contributed by atoms with Gasteiger partial charge < -0.3 is 0 Å². The molecule has 1 aromatic heterocycles. The number of para-hydroxylation sites is 2. The second-order valence-corrected chi connectivity index (χ2v) is 17.7. The third-order valence-corrected chi connectivity index (χ3v) is 10.1. The number of imidazole rings is 1. The third-order valence-electron chi connectivity index (χ3n) is 8.09. The molecule has 39 heavy (non-hydrogen) atoms.